The maximum Gasteiger partial charge on any atom is 0.162 e. The molecule has 23 heavy (non-hydrogen) atoms. The lowest BCUT2D eigenvalue weighted by atomic mass is 10.1. The molecule has 3 aromatic rings. The van der Waals surface area contributed by atoms with E-state index in [2.05, 4.69) is 15.2 Å². The van der Waals surface area contributed by atoms with Gasteiger partial charge in [0.2, 0.25) is 0 Å². The zero-order valence-corrected chi connectivity index (χ0v) is 12.5. The van der Waals surface area contributed by atoms with Crippen LogP contribution >= 0.6 is 0 Å². The average molecular weight is 308 g/mol. The molecule has 2 aliphatic rings. The molecule has 0 radical (unpaired) electrons. The van der Waals surface area contributed by atoms with E-state index < -0.39 is 0 Å². The fraction of sp³-hybridized carbons (Fsp3) is 0.294. The Kier molecular flexibility index (Phi) is 2.78. The van der Waals surface area contributed by atoms with Crippen molar-refractivity contribution in [2.75, 3.05) is 36.5 Å². The molecule has 1 fully saturated rings. The second-order valence-corrected chi connectivity index (χ2v) is 5.91. The van der Waals surface area contributed by atoms with E-state index in [4.69, 9.17) is 14.1 Å². The van der Waals surface area contributed by atoms with Crippen LogP contribution in [0.4, 0.5) is 11.5 Å². The van der Waals surface area contributed by atoms with Crippen molar-refractivity contribution in [3.8, 4) is 11.4 Å². The minimum atomic E-state index is 0.337. The quantitative estimate of drug-likeness (QED) is 0.745. The highest BCUT2D eigenvalue weighted by Crippen LogP contribution is 2.34. The molecule has 1 unspecified atom stereocenters. The molecule has 0 amide bonds. The number of hydrogen-bond acceptors (Lipinski definition) is 6. The molecule has 6 nitrogen and oxygen atoms in total. The number of benzene rings is 1. The Morgan fingerprint density at radius 3 is 3.26 bits per heavy atom. The summed E-state index contributed by atoms with van der Waals surface area (Å²) >= 11 is 0. The van der Waals surface area contributed by atoms with Gasteiger partial charge < -0.3 is 19.4 Å². The standard InChI is InChI=1S/C17H16N4O2/c1-2-11-8-23-10-14(11)13(3-1)16-19-7-15-17(20-16)21-4-5-22-9-12(21)6-18-15/h1-3,7-8,10,12,18H,4-6,9H2. The zero-order chi connectivity index (χ0) is 15.2. The Bertz CT molecular complexity index is 876. The van der Waals surface area contributed by atoms with Crippen LogP contribution in [0.15, 0.2) is 41.3 Å². The van der Waals surface area contributed by atoms with E-state index in [-0.39, 0.29) is 0 Å². The number of aromatic nitrogens is 2. The average Bonchev–Trinajstić information content (AvgIpc) is 3.10. The first-order valence-corrected chi connectivity index (χ1v) is 7.81. The maximum absolute atomic E-state index is 5.58. The molecule has 1 aromatic carbocycles. The first kappa shape index (κ1) is 12.9. The summed E-state index contributed by atoms with van der Waals surface area (Å²) in [5.41, 5.74) is 1.99. The number of nitrogens with zero attached hydrogens (tertiary/aromatic N) is 3. The summed E-state index contributed by atoms with van der Waals surface area (Å²) in [5.74, 6) is 1.69. The predicted octanol–water partition coefficient (Wildman–Crippen LogP) is 2.52. The Morgan fingerprint density at radius 1 is 1.26 bits per heavy atom. The van der Waals surface area contributed by atoms with Gasteiger partial charge in [-0.1, -0.05) is 18.2 Å². The molecule has 2 aromatic heterocycles. The molecule has 1 N–H and O–H groups in total. The van der Waals surface area contributed by atoms with Gasteiger partial charge in [-0.2, -0.15) is 0 Å². The lowest BCUT2D eigenvalue weighted by molar-refractivity contribution is 0.0959. The van der Waals surface area contributed by atoms with Crippen molar-refractivity contribution >= 4 is 22.3 Å². The van der Waals surface area contributed by atoms with Gasteiger partial charge in [-0.15, -0.1) is 0 Å². The number of morpholine rings is 1. The number of rotatable bonds is 1. The van der Waals surface area contributed by atoms with Gasteiger partial charge in [-0.25, -0.2) is 9.97 Å². The van der Waals surface area contributed by atoms with E-state index in [1.165, 1.54) is 0 Å². The summed E-state index contributed by atoms with van der Waals surface area (Å²) in [5, 5.41) is 5.51. The van der Waals surface area contributed by atoms with Crippen molar-refractivity contribution < 1.29 is 9.15 Å². The van der Waals surface area contributed by atoms with Gasteiger partial charge in [0.15, 0.2) is 11.6 Å². The number of nitrogens with one attached hydrogen (secondary N) is 1. The van der Waals surface area contributed by atoms with E-state index in [9.17, 15) is 0 Å². The molecule has 5 rings (SSSR count). The molecule has 1 atom stereocenters. The molecule has 0 spiro atoms. The highest BCUT2D eigenvalue weighted by atomic mass is 16.5. The van der Waals surface area contributed by atoms with Gasteiger partial charge in [0.05, 0.1) is 43.7 Å². The molecule has 4 heterocycles. The van der Waals surface area contributed by atoms with Crippen LogP contribution in [-0.4, -0.2) is 42.3 Å². The van der Waals surface area contributed by atoms with Crippen LogP contribution in [0, 0.1) is 0 Å². The summed E-state index contributed by atoms with van der Waals surface area (Å²) in [6.45, 7) is 3.22. The smallest absolute Gasteiger partial charge is 0.162 e. The number of hydrogen-bond donors (Lipinski definition) is 1. The number of furan rings is 1. The fourth-order valence-corrected chi connectivity index (χ4v) is 3.36. The summed E-state index contributed by atoms with van der Waals surface area (Å²) in [7, 11) is 0. The largest absolute Gasteiger partial charge is 0.471 e. The molecular formula is C17H16N4O2. The van der Waals surface area contributed by atoms with Crippen LogP contribution < -0.4 is 10.2 Å². The van der Waals surface area contributed by atoms with Crippen molar-refractivity contribution in [1.82, 2.24) is 9.97 Å². The van der Waals surface area contributed by atoms with Crippen molar-refractivity contribution in [2.24, 2.45) is 0 Å². The van der Waals surface area contributed by atoms with Crippen LogP contribution in [0.1, 0.15) is 0 Å². The normalized spacial score (nSPS) is 20.0. The summed E-state index contributed by atoms with van der Waals surface area (Å²) in [4.78, 5) is 11.7. The Morgan fingerprint density at radius 2 is 2.26 bits per heavy atom. The van der Waals surface area contributed by atoms with Gasteiger partial charge in [-0.05, 0) is 0 Å². The molecule has 116 valence electrons. The van der Waals surface area contributed by atoms with Crippen LogP contribution in [0.5, 0.6) is 0 Å². The third-order valence-electron chi connectivity index (χ3n) is 4.56. The van der Waals surface area contributed by atoms with Gasteiger partial charge >= 0.3 is 0 Å². The summed E-state index contributed by atoms with van der Waals surface area (Å²) < 4.78 is 10.9. The summed E-state index contributed by atoms with van der Waals surface area (Å²) in [6.07, 6.45) is 5.38. The van der Waals surface area contributed by atoms with Crippen LogP contribution in [0.2, 0.25) is 0 Å². The van der Waals surface area contributed by atoms with Crippen LogP contribution in [0.25, 0.3) is 22.2 Å². The first-order chi connectivity index (χ1) is 11.4. The third kappa shape index (κ3) is 1.98. The Balaban J connectivity index is 1.64. The second kappa shape index (κ2) is 4.96. The Labute approximate surface area is 133 Å². The minimum Gasteiger partial charge on any atom is -0.471 e. The van der Waals surface area contributed by atoms with E-state index >= 15 is 0 Å². The van der Waals surface area contributed by atoms with E-state index in [1.807, 2.05) is 24.4 Å². The lowest BCUT2D eigenvalue weighted by Crippen LogP contribution is -2.52. The molecule has 2 aliphatic heterocycles. The number of fused-ring (bicyclic) bond motifs is 4. The second-order valence-electron chi connectivity index (χ2n) is 5.91. The van der Waals surface area contributed by atoms with Crippen molar-refractivity contribution in [3.63, 3.8) is 0 Å². The molecule has 6 heteroatoms. The SMILES string of the molecule is c1cc(-c2ncc3c(n2)N2CCOCC2CN3)c2cocc2c1. The van der Waals surface area contributed by atoms with E-state index in [1.54, 1.807) is 12.5 Å². The highest BCUT2D eigenvalue weighted by Gasteiger charge is 2.30. The van der Waals surface area contributed by atoms with Crippen LogP contribution in [-0.2, 0) is 4.74 Å². The summed E-state index contributed by atoms with van der Waals surface area (Å²) in [6, 6.07) is 6.40. The molecule has 0 saturated carbocycles. The third-order valence-corrected chi connectivity index (χ3v) is 4.56. The fourth-order valence-electron chi connectivity index (χ4n) is 3.36. The number of ether oxygens (including phenoxy) is 1. The van der Waals surface area contributed by atoms with Gasteiger partial charge in [0.25, 0.3) is 0 Å². The van der Waals surface area contributed by atoms with Crippen molar-refractivity contribution in [1.29, 1.82) is 0 Å². The highest BCUT2D eigenvalue weighted by molar-refractivity contribution is 5.94. The van der Waals surface area contributed by atoms with E-state index in [0.29, 0.717) is 6.04 Å². The topological polar surface area (TPSA) is 63.4 Å². The predicted molar refractivity (Wildman–Crippen MR) is 87.7 cm³/mol. The van der Waals surface area contributed by atoms with Crippen LogP contribution in [0.3, 0.4) is 0 Å². The van der Waals surface area contributed by atoms with Gasteiger partial charge in [0.1, 0.15) is 0 Å². The zero-order valence-electron chi connectivity index (χ0n) is 12.5. The Hall–Kier alpha value is -2.60. The minimum absolute atomic E-state index is 0.337. The van der Waals surface area contributed by atoms with Crippen molar-refractivity contribution in [3.05, 3.63) is 36.9 Å². The lowest BCUT2D eigenvalue weighted by Gasteiger charge is -2.41. The molecule has 0 aliphatic carbocycles. The van der Waals surface area contributed by atoms with Gasteiger partial charge in [0, 0.05) is 29.4 Å². The first-order valence-electron chi connectivity index (χ1n) is 7.81. The number of anilines is 2. The molecule has 0 bridgehead atoms. The monoisotopic (exact) mass is 308 g/mol. The van der Waals surface area contributed by atoms with Crippen molar-refractivity contribution in [2.45, 2.75) is 6.04 Å². The van der Waals surface area contributed by atoms with E-state index in [0.717, 1.165) is 60.0 Å². The molecule has 1 saturated heterocycles. The molecular weight excluding hydrogens is 292 g/mol. The van der Waals surface area contributed by atoms with Gasteiger partial charge in [-0.3, -0.25) is 0 Å². The maximum atomic E-state index is 5.58.